The summed E-state index contributed by atoms with van der Waals surface area (Å²) in [5.74, 6) is -0.711. The molecule has 3 aromatic rings. The zero-order chi connectivity index (χ0) is 26.6. The van der Waals surface area contributed by atoms with E-state index in [2.05, 4.69) is 15.4 Å². The molecule has 2 unspecified atom stereocenters. The van der Waals surface area contributed by atoms with E-state index in [4.69, 9.17) is 4.74 Å². The fraction of sp³-hybridized carbons (Fsp3) is 0.357. The number of benzene rings is 3. The Morgan fingerprint density at radius 2 is 1.68 bits per heavy atom. The number of rotatable bonds is 8. The summed E-state index contributed by atoms with van der Waals surface area (Å²) in [7, 11) is -3.81. The summed E-state index contributed by atoms with van der Waals surface area (Å²) in [6.45, 7) is 5.86. The van der Waals surface area contributed by atoms with Gasteiger partial charge in [-0.05, 0) is 51.3 Å². The van der Waals surface area contributed by atoms with Crippen molar-refractivity contribution in [1.82, 2.24) is 10.0 Å². The van der Waals surface area contributed by atoms with E-state index in [1.807, 2.05) is 30.3 Å². The van der Waals surface area contributed by atoms with Crippen molar-refractivity contribution in [1.29, 1.82) is 0 Å². The van der Waals surface area contributed by atoms with Crippen LogP contribution in [-0.2, 0) is 30.8 Å². The third-order valence-electron chi connectivity index (χ3n) is 6.01. The van der Waals surface area contributed by atoms with Gasteiger partial charge in [0.1, 0.15) is 12.1 Å². The van der Waals surface area contributed by atoms with Crippen molar-refractivity contribution in [3.63, 3.8) is 0 Å². The first-order chi connectivity index (χ1) is 17.5. The maximum Gasteiger partial charge on any atom is 0.249 e. The van der Waals surface area contributed by atoms with Crippen LogP contribution in [0.2, 0.25) is 0 Å². The molecule has 9 heteroatoms. The monoisotopic (exact) mass is 523 g/mol. The number of carbonyl (C=O) groups is 2. The van der Waals surface area contributed by atoms with Gasteiger partial charge in [-0.2, -0.15) is 0 Å². The van der Waals surface area contributed by atoms with Crippen molar-refractivity contribution in [2.45, 2.75) is 62.6 Å². The molecule has 2 atom stereocenters. The van der Waals surface area contributed by atoms with Crippen LogP contribution >= 0.6 is 0 Å². The van der Waals surface area contributed by atoms with Gasteiger partial charge >= 0.3 is 0 Å². The predicted octanol–water partition coefficient (Wildman–Crippen LogP) is 3.76. The smallest absolute Gasteiger partial charge is 0.249 e. The molecule has 3 N–H and O–H groups in total. The summed E-state index contributed by atoms with van der Waals surface area (Å²) in [5, 5.41) is 6.84. The Labute approximate surface area is 217 Å². The first-order valence-corrected chi connectivity index (χ1v) is 13.8. The molecule has 0 bridgehead atoms. The highest BCUT2D eigenvalue weighted by Crippen LogP contribution is 2.29. The second-order valence-corrected chi connectivity index (χ2v) is 11.9. The number of nitrogens with one attached hydrogen (secondary N) is 3. The molecule has 1 heterocycles. The van der Waals surface area contributed by atoms with Crippen LogP contribution in [0.3, 0.4) is 0 Å². The zero-order valence-corrected chi connectivity index (χ0v) is 22.1. The Morgan fingerprint density at radius 1 is 0.973 bits per heavy atom. The highest BCUT2D eigenvalue weighted by molar-refractivity contribution is 7.89. The molecule has 0 spiro atoms. The molecule has 1 saturated heterocycles. The molecule has 3 aromatic carbocycles. The molecule has 8 nitrogen and oxygen atoms in total. The van der Waals surface area contributed by atoms with E-state index in [9.17, 15) is 18.0 Å². The van der Waals surface area contributed by atoms with Gasteiger partial charge in [-0.3, -0.25) is 9.59 Å². The molecule has 0 saturated carbocycles. The lowest BCUT2D eigenvalue weighted by Gasteiger charge is -2.22. The van der Waals surface area contributed by atoms with Gasteiger partial charge in [0, 0.05) is 35.0 Å². The molecule has 196 valence electrons. The van der Waals surface area contributed by atoms with Crippen LogP contribution in [0.25, 0.3) is 10.8 Å². The molecule has 1 aliphatic rings. The Balaban J connectivity index is 1.63. The van der Waals surface area contributed by atoms with E-state index in [-0.39, 0.29) is 10.8 Å². The summed E-state index contributed by atoms with van der Waals surface area (Å²) in [5.41, 5.74) is 0.702. The summed E-state index contributed by atoms with van der Waals surface area (Å²) in [6, 6.07) is 18.7. The number of hydrogen-bond acceptors (Lipinski definition) is 5. The number of hydrogen-bond donors (Lipinski definition) is 3. The Kier molecular flexibility index (Phi) is 7.96. The first kappa shape index (κ1) is 26.8. The minimum absolute atomic E-state index is 0.128. The van der Waals surface area contributed by atoms with Gasteiger partial charge in [-0.25, -0.2) is 13.1 Å². The van der Waals surface area contributed by atoms with Crippen LogP contribution in [0.5, 0.6) is 0 Å². The number of fused-ring (bicyclic) bond motifs is 1. The minimum Gasteiger partial charge on any atom is -0.368 e. The summed E-state index contributed by atoms with van der Waals surface area (Å²) in [4.78, 5) is 26.4. The first-order valence-electron chi connectivity index (χ1n) is 12.4. The van der Waals surface area contributed by atoms with Gasteiger partial charge in [0.2, 0.25) is 21.8 Å². The van der Waals surface area contributed by atoms with Gasteiger partial charge in [0.25, 0.3) is 0 Å². The lowest BCUT2D eigenvalue weighted by Crippen LogP contribution is -2.48. The largest absolute Gasteiger partial charge is 0.368 e. The second kappa shape index (κ2) is 11.0. The SMILES string of the molecule is CC(C)(C)NS(=O)(=O)c1cccc2c(NC(=O)C(Cc3ccccc3)NC(=O)C3CCCO3)cccc12. The number of amides is 2. The van der Waals surface area contributed by atoms with Gasteiger partial charge in [-0.1, -0.05) is 54.6 Å². The van der Waals surface area contributed by atoms with E-state index in [0.29, 0.717) is 35.9 Å². The van der Waals surface area contributed by atoms with Crippen LogP contribution in [0.1, 0.15) is 39.2 Å². The van der Waals surface area contributed by atoms with E-state index >= 15 is 0 Å². The average Bonchev–Trinajstić information content (AvgIpc) is 3.38. The van der Waals surface area contributed by atoms with Crippen molar-refractivity contribution >= 4 is 38.3 Å². The fourth-order valence-corrected chi connectivity index (χ4v) is 6.05. The van der Waals surface area contributed by atoms with Crippen LogP contribution in [0, 0.1) is 0 Å². The van der Waals surface area contributed by atoms with E-state index < -0.39 is 33.6 Å². The van der Waals surface area contributed by atoms with Crippen LogP contribution in [0.4, 0.5) is 5.69 Å². The maximum absolute atomic E-state index is 13.5. The summed E-state index contributed by atoms with van der Waals surface area (Å²) in [6.07, 6.45) is 1.16. The van der Waals surface area contributed by atoms with Crippen molar-refractivity contribution < 1.29 is 22.7 Å². The highest BCUT2D eigenvalue weighted by Gasteiger charge is 2.29. The normalized spacial score (nSPS) is 16.9. The van der Waals surface area contributed by atoms with E-state index in [0.717, 1.165) is 12.0 Å². The van der Waals surface area contributed by atoms with Crippen molar-refractivity contribution in [3.8, 4) is 0 Å². The van der Waals surface area contributed by atoms with Gasteiger partial charge in [-0.15, -0.1) is 0 Å². The molecule has 0 aliphatic carbocycles. The molecule has 37 heavy (non-hydrogen) atoms. The number of anilines is 1. The molecule has 1 aliphatic heterocycles. The highest BCUT2D eigenvalue weighted by atomic mass is 32.2. The maximum atomic E-state index is 13.5. The van der Waals surface area contributed by atoms with Crippen molar-refractivity contribution in [3.05, 3.63) is 72.3 Å². The lowest BCUT2D eigenvalue weighted by molar-refractivity contribution is -0.133. The standard InChI is InChI=1S/C28H33N3O5S/c1-28(2,3)31-37(34,35)25-16-8-12-20-21(25)13-7-14-22(20)29-26(32)23(18-19-10-5-4-6-11-19)30-27(33)24-15-9-17-36-24/h4-8,10-14,16,23-24,31H,9,15,17-18H2,1-3H3,(H,29,32)(H,30,33). The summed E-state index contributed by atoms with van der Waals surface area (Å²) < 4.78 is 34.4. The van der Waals surface area contributed by atoms with Crippen molar-refractivity contribution in [2.75, 3.05) is 11.9 Å². The van der Waals surface area contributed by atoms with Gasteiger partial charge in [0.05, 0.1) is 4.90 Å². The van der Waals surface area contributed by atoms with E-state index in [1.165, 1.54) is 0 Å². The van der Waals surface area contributed by atoms with Crippen LogP contribution in [0.15, 0.2) is 71.6 Å². The molecule has 0 radical (unpaired) electrons. The molecule has 1 fully saturated rings. The molecule has 4 rings (SSSR count). The molecule has 0 aromatic heterocycles. The molecule has 2 amide bonds. The lowest BCUT2D eigenvalue weighted by atomic mass is 10.0. The Hall–Kier alpha value is -3.27. The number of ether oxygens (including phenoxy) is 1. The Bertz CT molecular complexity index is 1380. The molecular formula is C28H33N3O5S. The third kappa shape index (κ3) is 6.74. The van der Waals surface area contributed by atoms with Crippen molar-refractivity contribution in [2.24, 2.45) is 0 Å². The van der Waals surface area contributed by atoms with Crippen LogP contribution < -0.4 is 15.4 Å². The third-order valence-corrected chi connectivity index (χ3v) is 7.82. The average molecular weight is 524 g/mol. The molecular weight excluding hydrogens is 490 g/mol. The van der Waals surface area contributed by atoms with E-state index in [1.54, 1.807) is 57.2 Å². The predicted molar refractivity (Wildman–Crippen MR) is 144 cm³/mol. The fourth-order valence-electron chi connectivity index (χ4n) is 4.41. The second-order valence-electron chi connectivity index (χ2n) is 10.3. The zero-order valence-electron chi connectivity index (χ0n) is 21.3. The minimum atomic E-state index is -3.81. The summed E-state index contributed by atoms with van der Waals surface area (Å²) >= 11 is 0. The topological polar surface area (TPSA) is 114 Å². The van der Waals surface area contributed by atoms with Gasteiger partial charge in [0.15, 0.2) is 0 Å². The van der Waals surface area contributed by atoms with Crippen LogP contribution in [-0.4, -0.2) is 44.5 Å². The van der Waals surface area contributed by atoms with Gasteiger partial charge < -0.3 is 15.4 Å². The Morgan fingerprint density at radius 3 is 2.35 bits per heavy atom. The quantitative estimate of drug-likeness (QED) is 0.416. The number of carbonyl (C=O) groups excluding carboxylic acids is 2. The number of sulfonamides is 1.